The van der Waals surface area contributed by atoms with Gasteiger partial charge in [0, 0.05) is 4.75 Å². The molecule has 0 spiro atoms. The summed E-state index contributed by atoms with van der Waals surface area (Å²) in [5, 5.41) is 0.986. The van der Waals surface area contributed by atoms with Crippen LogP contribution in [0.5, 0.6) is 0 Å². The number of thioether (sulfide) groups is 1. The summed E-state index contributed by atoms with van der Waals surface area (Å²) in [6.07, 6.45) is 3.40. The molecule has 4 nitrogen and oxygen atoms in total. The molecule has 0 bridgehead atoms. The van der Waals surface area contributed by atoms with E-state index >= 15 is 0 Å². The largest absolute Gasteiger partial charge is 0.312 e. The van der Waals surface area contributed by atoms with Crippen LogP contribution in [0.15, 0.2) is 46.7 Å². The zero-order valence-corrected chi connectivity index (χ0v) is 14.2. The predicted octanol–water partition coefficient (Wildman–Crippen LogP) is 4.22. The molecule has 0 N–H and O–H groups in total. The van der Waals surface area contributed by atoms with Crippen molar-refractivity contribution in [3.05, 3.63) is 47.8 Å². The number of rotatable bonds is 3. The molecule has 0 aliphatic carbocycles. The van der Waals surface area contributed by atoms with Crippen molar-refractivity contribution in [1.29, 1.82) is 0 Å². The molecule has 1 aromatic heterocycles. The molecule has 22 heavy (non-hydrogen) atoms. The van der Waals surface area contributed by atoms with E-state index in [-0.39, 0.29) is 10.8 Å². The minimum atomic E-state index is 0.0184. The van der Waals surface area contributed by atoms with Crippen LogP contribution >= 0.6 is 11.8 Å². The van der Waals surface area contributed by atoms with E-state index in [2.05, 4.69) is 40.5 Å². The van der Waals surface area contributed by atoms with Crippen molar-refractivity contribution in [3.8, 4) is 0 Å². The number of benzene rings is 1. The first-order valence-electron chi connectivity index (χ1n) is 7.47. The van der Waals surface area contributed by atoms with Crippen LogP contribution < -0.4 is 0 Å². The number of aromatic nitrogens is 2. The van der Waals surface area contributed by atoms with Crippen LogP contribution in [0.25, 0.3) is 0 Å². The van der Waals surface area contributed by atoms with E-state index in [0.717, 1.165) is 10.9 Å². The first-order valence-corrected chi connectivity index (χ1v) is 8.29. The second-order valence-corrected chi connectivity index (χ2v) is 6.95. The first kappa shape index (κ1) is 16.5. The summed E-state index contributed by atoms with van der Waals surface area (Å²) >= 11 is 1.76. The Balaban J connectivity index is 0.000000847. The Hall–Kier alpha value is -1.84. The smallest absolute Gasteiger partial charge is 0.235 e. The maximum atomic E-state index is 10.4. The van der Waals surface area contributed by atoms with E-state index in [1.165, 1.54) is 5.56 Å². The predicted molar refractivity (Wildman–Crippen MR) is 89.9 cm³/mol. The molecule has 1 aliphatic heterocycles. The number of nitrogens with zero attached hydrogens (tertiary/aromatic N) is 3. The zero-order chi connectivity index (χ0) is 16.2. The van der Waals surface area contributed by atoms with E-state index in [9.17, 15) is 4.79 Å². The van der Waals surface area contributed by atoms with Crippen LogP contribution in [0, 0.1) is 0 Å². The molecule has 0 amide bonds. The quantitative estimate of drug-likeness (QED) is 0.629. The molecular weight excluding hydrogens is 294 g/mol. The lowest BCUT2D eigenvalue weighted by Gasteiger charge is -2.28. The summed E-state index contributed by atoms with van der Waals surface area (Å²) in [7, 11) is 0. The minimum Gasteiger partial charge on any atom is -0.312 e. The van der Waals surface area contributed by atoms with Gasteiger partial charge in [-0.3, -0.25) is 0 Å². The van der Waals surface area contributed by atoms with Crippen molar-refractivity contribution in [2.75, 3.05) is 0 Å². The highest BCUT2D eigenvalue weighted by Gasteiger charge is 2.42. The Labute approximate surface area is 135 Å². The van der Waals surface area contributed by atoms with Crippen LogP contribution in [0.2, 0.25) is 0 Å². The normalized spacial score (nSPS) is 17.9. The Morgan fingerprint density at radius 2 is 2.00 bits per heavy atom. The fourth-order valence-electron chi connectivity index (χ4n) is 2.75. The molecular formula is C17H21N3OS. The Bertz CT molecular complexity index is 672. The SMILES string of the molecule is CC.CC1(C)Sc2ncc(CN=C=O)n2C1c1ccccc1. The van der Waals surface area contributed by atoms with Crippen molar-refractivity contribution in [2.24, 2.45) is 4.99 Å². The summed E-state index contributed by atoms with van der Waals surface area (Å²) in [6, 6.07) is 10.6. The minimum absolute atomic E-state index is 0.0184. The van der Waals surface area contributed by atoms with E-state index in [0.29, 0.717) is 6.54 Å². The summed E-state index contributed by atoms with van der Waals surface area (Å²) in [5.74, 6) is 0. The van der Waals surface area contributed by atoms with E-state index in [1.807, 2.05) is 32.0 Å². The lowest BCUT2D eigenvalue weighted by atomic mass is 9.95. The molecule has 1 aliphatic rings. The zero-order valence-electron chi connectivity index (χ0n) is 13.4. The van der Waals surface area contributed by atoms with Gasteiger partial charge in [-0.05, 0) is 19.4 Å². The van der Waals surface area contributed by atoms with Crippen molar-refractivity contribution in [1.82, 2.24) is 9.55 Å². The molecule has 1 aromatic carbocycles. The molecule has 0 radical (unpaired) electrons. The molecule has 1 unspecified atom stereocenters. The van der Waals surface area contributed by atoms with Crippen molar-refractivity contribution in [3.63, 3.8) is 0 Å². The van der Waals surface area contributed by atoms with Crippen LogP contribution in [0.3, 0.4) is 0 Å². The highest BCUT2D eigenvalue weighted by atomic mass is 32.2. The van der Waals surface area contributed by atoms with Crippen molar-refractivity contribution >= 4 is 17.8 Å². The topological polar surface area (TPSA) is 47.2 Å². The van der Waals surface area contributed by atoms with Gasteiger partial charge in [-0.2, -0.15) is 4.99 Å². The van der Waals surface area contributed by atoms with Crippen LogP contribution in [-0.2, 0) is 11.3 Å². The van der Waals surface area contributed by atoms with E-state index < -0.39 is 0 Å². The van der Waals surface area contributed by atoms with Crippen molar-refractivity contribution in [2.45, 2.75) is 50.2 Å². The maximum Gasteiger partial charge on any atom is 0.235 e. The lowest BCUT2D eigenvalue weighted by Crippen LogP contribution is -2.26. The number of isocyanates is 1. The highest BCUT2D eigenvalue weighted by molar-refractivity contribution is 8.00. The van der Waals surface area contributed by atoms with Gasteiger partial charge in [0.1, 0.15) is 0 Å². The van der Waals surface area contributed by atoms with Crippen LogP contribution in [0.4, 0.5) is 0 Å². The molecule has 3 rings (SSSR count). The number of aliphatic imine (C=N–C) groups is 1. The molecule has 2 heterocycles. The molecule has 2 aromatic rings. The molecule has 116 valence electrons. The second kappa shape index (κ2) is 6.95. The summed E-state index contributed by atoms with van der Waals surface area (Å²) in [4.78, 5) is 18.5. The fourth-order valence-corrected chi connectivity index (χ4v) is 4.00. The van der Waals surface area contributed by atoms with Gasteiger partial charge in [0.05, 0.1) is 24.5 Å². The highest BCUT2D eigenvalue weighted by Crippen LogP contribution is 2.51. The molecule has 5 heteroatoms. The van der Waals surface area contributed by atoms with Gasteiger partial charge in [-0.1, -0.05) is 55.9 Å². The number of fused-ring (bicyclic) bond motifs is 1. The maximum absolute atomic E-state index is 10.4. The average Bonchev–Trinajstić information content (AvgIpc) is 3.02. The standard InChI is InChI=1S/C15H15N3OS.C2H6/c1-15(2)13(11-6-4-3-5-7-11)18-12(8-16-10-19)9-17-14(18)20-15;1-2/h3-7,9,13H,8H2,1-2H3;1-2H3. The Morgan fingerprint density at radius 3 is 2.64 bits per heavy atom. The summed E-state index contributed by atoms with van der Waals surface area (Å²) < 4.78 is 2.21. The number of imidazole rings is 1. The first-order chi connectivity index (χ1) is 10.6. The summed E-state index contributed by atoms with van der Waals surface area (Å²) in [6.45, 7) is 8.77. The fraction of sp³-hybridized carbons (Fsp3) is 0.412. The molecule has 0 saturated carbocycles. The average molecular weight is 315 g/mol. The Kier molecular flexibility index (Phi) is 5.22. The monoisotopic (exact) mass is 315 g/mol. The van der Waals surface area contributed by atoms with E-state index in [1.54, 1.807) is 24.0 Å². The van der Waals surface area contributed by atoms with Gasteiger partial charge in [0.15, 0.2) is 5.16 Å². The van der Waals surface area contributed by atoms with Gasteiger partial charge in [0.2, 0.25) is 6.08 Å². The Morgan fingerprint density at radius 1 is 1.32 bits per heavy atom. The van der Waals surface area contributed by atoms with E-state index in [4.69, 9.17) is 0 Å². The van der Waals surface area contributed by atoms with Crippen LogP contribution in [-0.4, -0.2) is 20.4 Å². The van der Waals surface area contributed by atoms with Gasteiger partial charge in [0.25, 0.3) is 0 Å². The number of carbonyl (C=O) groups excluding carboxylic acids is 1. The van der Waals surface area contributed by atoms with Crippen molar-refractivity contribution < 1.29 is 4.79 Å². The lowest BCUT2D eigenvalue weighted by molar-refractivity contribution is 0.465. The second-order valence-electron chi connectivity index (χ2n) is 5.33. The molecule has 0 fully saturated rings. The third-order valence-electron chi connectivity index (χ3n) is 3.53. The van der Waals surface area contributed by atoms with Gasteiger partial charge >= 0.3 is 0 Å². The third-order valence-corrected chi connectivity index (χ3v) is 4.77. The molecule has 1 atom stereocenters. The van der Waals surface area contributed by atoms with Gasteiger partial charge in [-0.25, -0.2) is 9.78 Å². The van der Waals surface area contributed by atoms with Gasteiger partial charge < -0.3 is 4.57 Å². The van der Waals surface area contributed by atoms with Gasteiger partial charge in [-0.15, -0.1) is 0 Å². The summed E-state index contributed by atoms with van der Waals surface area (Å²) in [5.41, 5.74) is 2.20. The van der Waals surface area contributed by atoms with Crippen LogP contribution in [0.1, 0.15) is 45.0 Å². The molecule has 0 saturated heterocycles. The third kappa shape index (κ3) is 3.01. The number of hydrogen-bond donors (Lipinski definition) is 0. The number of hydrogen-bond acceptors (Lipinski definition) is 4.